The average Bonchev–Trinajstić information content (AvgIpc) is 2.98. The Morgan fingerprint density at radius 1 is 1.04 bits per heavy atom. The minimum atomic E-state index is -4.77. The molecule has 0 spiro atoms. The fourth-order valence-electron chi connectivity index (χ4n) is 2.50. The lowest BCUT2D eigenvalue weighted by Crippen LogP contribution is -2.16. The summed E-state index contributed by atoms with van der Waals surface area (Å²) in [6.45, 7) is 0. The van der Waals surface area contributed by atoms with Gasteiger partial charge in [0.15, 0.2) is 11.5 Å². The molecule has 0 bridgehead atoms. The monoisotopic (exact) mass is 356 g/mol. The van der Waals surface area contributed by atoms with E-state index in [1.807, 2.05) is 0 Å². The Morgan fingerprint density at radius 3 is 2.32 bits per heavy atom. The van der Waals surface area contributed by atoms with Crippen molar-refractivity contribution in [1.29, 1.82) is 0 Å². The number of benzene rings is 1. The summed E-state index contributed by atoms with van der Waals surface area (Å²) in [5.74, 6) is -4.12. The summed E-state index contributed by atoms with van der Waals surface area (Å²) in [5, 5.41) is 11.8. The zero-order valence-electron chi connectivity index (χ0n) is 12.3. The highest BCUT2D eigenvalue weighted by molar-refractivity contribution is 5.61. The van der Waals surface area contributed by atoms with Crippen LogP contribution in [-0.2, 0) is 0 Å². The van der Waals surface area contributed by atoms with Gasteiger partial charge >= 0.3 is 6.36 Å². The number of fused-ring (bicyclic) bond motifs is 1. The number of rotatable bonds is 3. The van der Waals surface area contributed by atoms with Crippen LogP contribution in [-0.4, -0.2) is 32.1 Å². The van der Waals surface area contributed by atoms with Crippen molar-refractivity contribution in [3.8, 4) is 17.0 Å². The molecule has 0 amide bonds. The molecule has 130 valence electrons. The Hall–Kier alpha value is -2.78. The summed E-state index contributed by atoms with van der Waals surface area (Å²) in [7, 11) is 0. The van der Waals surface area contributed by atoms with Crippen molar-refractivity contribution in [2.45, 2.75) is 24.6 Å². The van der Waals surface area contributed by atoms with Gasteiger partial charge in [-0.2, -0.15) is 9.61 Å². The number of alkyl halides is 5. The van der Waals surface area contributed by atoms with E-state index in [0.29, 0.717) is 16.9 Å². The lowest BCUT2D eigenvalue weighted by Gasteiger charge is -2.09. The van der Waals surface area contributed by atoms with Crippen LogP contribution in [0.2, 0.25) is 0 Å². The van der Waals surface area contributed by atoms with Gasteiger partial charge in [0, 0.05) is 12.0 Å². The average molecular weight is 356 g/mol. The lowest BCUT2D eigenvalue weighted by atomic mass is 10.1. The van der Waals surface area contributed by atoms with Crippen LogP contribution in [0.1, 0.15) is 18.2 Å². The first kappa shape index (κ1) is 15.7. The molecule has 3 aromatic rings. The first-order chi connectivity index (χ1) is 11.7. The van der Waals surface area contributed by atoms with Crippen LogP contribution in [0.15, 0.2) is 36.4 Å². The maximum absolute atomic E-state index is 13.3. The first-order valence-corrected chi connectivity index (χ1v) is 7.19. The smallest absolute Gasteiger partial charge is 0.406 e. The topological polar surface area (TPSA) is 52.3 Å². The van der Waals surface area contributed by atoms with Crippen LogP contribution in [0, 0.1) is 0 Å². The zero-order valence-corrected chi connectivity index (χ0v) is 12.3. The van der Waals surface area contributed by atoms with E-state index in [1.165, 1.54) is 16.6 Å². The predicted molar refractivity (Wildman–Crippen MR) is 75.2 cm³/mol. The van der Waals surface area contributed by atoms with E-state index in [9.17, 15) is 22.0 Å². The number of hydrogen-bond acceptors (Lipinski definition) is 4. The van der Waals surface area contributed by atoms with Gasteiger partial charge in [-0.15, -0.1) is 23.4 Å². The van der Waals surface area contributed by atoms with Gasteiger partial charge in [-0.05, 0) is 36.4 Å². The van der Waals surface area contributed by atoms with Gasteiger partial charge in [-0.1, -0.05) is 0 Å². The number of hydrogen-bond donors (Lipinski definition) is 0. The highest BCUT2D eigenvalue weighted by Gasteiger charge is 2.60. The molecule has 4 rings (SSSR count). The molecule has 0 aliphatic heterocycles. The first-order valence-electron chi connectivity index (χ1n) is 7.19. The SMILES string of the molecule is FC(F)(F)Oc1ccc(-c2ccc3nnc([C@H]4CC4(F)F)n3n2)cc1. The highest BCUT2D eigenvalue weighted by atomic mass is 19.4. The van der Waals surface area contributed by atoms with E-state index in [0.717, 1.165) is 12.1 Å². The molecule has 2 heterocycles. The van der Waals surface area contributed by atoms with Crippen molar-refractivity contribution in [2.75, 3.05) is 0 Å². The minimum Gasteiger partial charge on any atom is -0.406 e. The highest BCUT2D eigenvalue weighted by Crippen LogP contribution is 2.54. The van der Waals surface area contributed by atoms with Crippen LogP contribution >= 0.6 is 0 Å². The summed E-state index contributed by atoms with van der Waals surface area (Å²) in [6, 6.07) is 8.22. The summed E-state index contributed by atoms with van der Waals surface area (Å²) in [6.07, 6.45) is -5.07. The van der Waals surface area contributed by atoms with Crippen LogP contribution in [0.25, 0.3) is 16.9 Å². The largest absolute Gasteiger partial charge is 0.573 e. The van der Waals surface area contributed by atoms with Gasteiger partial charge in [-0.3, -0.25) is 0 Å². The van der Waals surface area contributed by atoms with E-state index in [1.54, 1.807) is 12.1 Å². The van der Waals surface area contributed by atoms with Crippen LogP contribution in [0.3, 0.4) is 0 Å². The van der Waals surface area contributed by atoms with E-state index in [-0.39, 0.29) is 18.0 Å². The van der Waals surface area contributed by atoms with E-state index >= 15 is 0 Å². The lowest BCUT2D eigenvalue weighted by molar-refractivity contribution is -0.274. The molecule has 2 aromatic heterocycles. The Balaban J connectivity index is 1.66. The van der Waals surface area contributed by atoms with Gasteiger partial charge in [0.1, 0.15) is 5.75 Å². The number of aromatic nitrogens is 4. The second kappa shape index (κ2) is 5.11. The van der Waals surface area contributed by atoms with E-state index < -0.39 is 18.2 Å². The number of nitrogens with zero attached hydrogens (tertiary/aromatic N) is 4. The molecule has 1 fully saturated rings. The normalized spacial score (nSPS) is 19.2. The van der Waals surface area contributed by atoms with E-state index in [2.05, 4.69) is 20.0 Å². The molecule has 25 heavy (non-hydrogen) atoms. The van der Waals surface area contributed by atoms with Crippen molar-refractivity contribution >= 4 is 5.65 Å². The molecule has 0 unspecified atom stereocenters. The molecular weight excluding hydrogens is 347 g/mol. The molecule has 1 aromatic carbocycles. The van der Waals surface area contributed by atoms with Gasteiger partial charge in [0.05, 0.1) is 11.6 Å². The minimum absolute atomic E-state index is 0.0684. The summed E-state index contributed by atoms with van der Waals surface area (Å²) in [4.78, 5) is 0. The third-order valence-corrected chi connectivity index (χ3v) is 3.81. The van der Waals surface area contributed by atoms with Crippen molar-refractivity contribution in [3.63, 3.8) is 0 Å². The molecule has 1 aliphatic carbocycles. The summed E-state index contributed by atoms with van der Waals surface area (Å²) in [5.41, 5.74) is 1.20. The molecule has 0 radical (unpaired) electrons. The van der Waals surface area contributed by atoms with Crippen molar-refractivity contribution < 1.29 is 26.7 Å². The fraction of sp³-hybridized carbons (Fsp3) is 0.267. The summed E-state index contributed by atoms with van der Waals surface area (Å²) >= 11 is 0. The third kappa shape index (κ3) is 2.99. The number of ether oxygens (including phenoxy) is 1. The molecule has 1 saturated carbocycles. The van der Waals surface area contributed by atoms with Crippen molar-refractivity contribution in [1.82, 2.24) is 19.8 Å². The quantitative estimate of drug-likeness (QED) is 0.670. The van der Waals surface area contributed by atoms with E-state index in [4.69, 9.17) is 0 Å². The maximum Gasteiger partial charge on any atom is 0.573 e. The Kier molecular flexibility index (Phi) is 3.21. The second-order valence-electron chi connectivity index (χ2n) is 5.64. The standard InChI is InChI=1S/C15H9F5N4O/c16-14(17)7-10(14)13-22-21-12-6-5-11(23-24(12)13)8-1-3-9(4-2-8)25-15(18,19)20/h1-6,10H,7H2/t10-/m1/s1. The molecule has 0 N–H and O–H groups in total. The Bertz CT molecular complexity index is 935. The van der Waals surface area contributed by atoms with Gasteiger partial charge < -0.3 is 4.74 Å². The van der Waals surface area contributed by atoms with Crippen LogP contribution < -0.4 is 4.74 Å². The Morgan fingerprint density at radius 2 is 1.72 bits per heavy atom. The third-order valence-electron chi connectivity index (χ3n) is 3.81. The Labute approximate surface area is 137 Å². The summed E-state index contributed by atoms with van der Waals surface area (Å²) < 4.78 is 68.1. The molecule has 1 atom stereocenters. The zero-order chi connectivity index (χ0) is 17.8. The van der Waals surface area contributed by atoms with Crippen LogP contribution in [0.5, 0.6) is 5.75 Å². The van der Waals surface area contributed by atoms with Crippen LogP contribution in [0.4, 0.5) is 22.0 Å². The predicted octanol–water partition coefficient (Wildman–Crippen LogP) is 3.81. The maximum atomic E-state index is 13.3. The van der Waals surface area contributed by atoms with Gasteiger partial charge in [-0.25, -0.2) is 8.78 Å². The molecule has 1 aliphatic rings. The van der Waals surface area contributed by atoms with Crippen molar-refractivity contribution in [2.24, 2.45) is 0 Å². The molecule has 5 nitrogen and oxygen atoms in total. The van der Waals surface area contributed by atoms with Crippen molar-refractivity contribution in [3.05, 3.63) is 42.2 Å². The van der Waals surface area contributed by atoms with Gasteiger partial charge in [0.25, 0.3) is 5.92 Å². The second-order valence-corrected chi connectivity index (χ2v) is 5.64. The fourth-order valence-corrected chi connectivity index (χ4v) is 2.50. The molecule has 10 heteroatoms. The molecule has 0 saturated heterocycles. The number of halogens is 5. The molecular formula is C15H9F5N4O. The van der Waals surface area contributed by atoms with Gasteiger partial charge in [0.2, 0.25) is 0 Å².